The van der Waals surface area contributed by atoms with Crippen molar-refractivity contribution < 1.29 is 4.39 Å². The van der Waals surface area contributed by atoms with Crippen molar-refractivity contribution in [2.24, 2.45) is 5.92 Å². The Kier molecular flexibility index (Phi) is 6.24. The predicted molar refractivity (Wildman–Crippen MR) is 129 cm³/mol. The summed E-state index contributed by atoms with van der Waals surface area (Å²) in [5.41, 5.74) is 3.44. The lowest BCUT2D eigenvalue weighted by Crippen LogP contribution is -2.41. The molecule has 0 unspecified atom stereocenters. The molecule has 1 fully saturated rings. The van der Waals surface area contributed by atoms with Gasteiger partial charge in [-0.1, -0.05) is 32.0 Å². The Bertz CT molecular complexity index is 1350. The molecule has 2 aromatic heterocycles. The average Bonchev–Trinajstić information content (AvgIpc) is 3.28. The quantitative estimate of drug-likeness (QED) is 0.469. The van der Waals surface area contributed by atoms with Crippen LogP contribution in [0.2, 0.25) is 0 Å². The van der Waals surface area contributed by atoms with Crippen molar-refractivity contribution in [3.8, 4) is 0 Å². The lowest BCUT2D eigenvalue weighted by molar-refractivity contribution is 0.141. The fourth-order valence-electron chi connectivity index (χ4n) is 4.94. The van der Waals surface area contributed by atoms with Crippen molar-refractivity contribution in [1.82, 2.24) is 30.1 Å². The highest BCUT2D eigenvalue weighted by Gasteiger charge is 2.32. The van der Waals surface area contributed by atoms with Gasteiger partial charge in [-0.05, 0) is 89.0 Å². The fraction of sp³-hybridized carbons (Fsp3) is 0.385. The van der Waals surface area contributed by atoms with Gasteiger partial charge in [0.25, 0.3) is 5.56 Å². The molecule has 1 aliphatic rings. The number of pyridine rings is 1. The Hall–Kier alpha value is -3.39. The summed E-state index contributed by atoms with van der Waals surface area (Å²) in [5, 5.41) is 13.6. The first-order valence-corrected chi connectivity index (χ1v) is 11.9. The van der Waals surface area contributed by atoms with Crippen LogP contribution < -0.4 is 5.56 Å². The molecule has 7 nitrogen and oxygen atoms in total. The molecule has 4 aromatic rings. The second kappa shape index (κ2) is 9.46. The van der Waals surface area contributed by atoms with Crippen LogP contribution in [0.5, 0.6) is 0 Å². The van der Waals surface area contributed by atoms with Gasteiger partial charge in [-0.15, -0.1) is 5.10 Å². The SMILES string of the molecule is CCc1ccc2[nH]c(=O)c([C@@H](c3nnnn3Cc3ccc(F)cc3)N3CCC[C@@H](C)C3)cc2c1. The molecule has 0 aliphatic carbocycles. The van der Waals surface area contributed by atoms with E-state index in [0.717, 1.165) is 48.8 Å². The monoisotopic (exact) mass is 460 g/mol. The molecule has 0 spiro atoms. The number of hydrogen-bond donors (Lipinski definition) is 1. The number of likely N-dealkylation sites (tertiary alicyclic amines) is 1. The highest BCUT2D eigenvalue weighted by Crippen LogP contribution is 2.31. The van der Waals surface area contributed by atoms with E-state index in [2.05, 4.69) is 45.3 Å². The number of tetrazole rings is 1. The van der Waals surface area contributed by atoms with Crippen LogP contribution >= 0.6 is 0 Å². The predicted octanol–water partition coefficient (Wildman–Crippen LogP) is 4.09. The number of fused-ring (bicyclic) bond motifs is 1. The van der Waals surface area contributed by atoms with Crippen LogP contribution in [-0.2, 0) is 13.0 Å². The Morgan fingerprint density at radius 3 is 2.71 bits per heavy atom. The Morgan fingerprint density at radius 2 is 1.94 bits per heavy atom. The fourth-order valence-corrected chi connectivity index (χ4v) is 4.94. The smallest absolute Gasteiger partial charge is 0.253 e. The van der Waals surface area contributed by atoms with Crippen molar-refractivity contribution in [3.63, 3.8) is 0 Å². The van der Waals surface area contributed by atoms with Gasteiger partial charge >= 0.3 is 0 Å². The molecule has 2 atom stereocenters. The minimum absolute atomic E-state index is 0.128. The topological polar surface area (TPSA) is 79.7 Å². The first kappa shape index (κ1) is 22.4. The summed E-state index contributed by atoms with van der Waals surface area (Å²) in [5.74, 6) is 0.855. The first-order valence-electron chi connectivity index (χ1n) is 11.9. The maximum absolute atomic E-state index is 13.4. The molecule has 1 N–H and O–H groups in total. The summed E-state index contributed by atoms with van der Waals surface area (Å²) >= 11 is 0. The molecule has 0 bridgehead atoms. The Balaban J connectivity index is 1.62. The van der Waals surface area contributed by atoms with Crippen LogP contribution in [0.4, 0.5) is 4.39 Å². The molecular formula is C26H29FN6O. The number of halogens is 1. The van der Waals surface area contributed by atoms with Crippen molar-refractivity contribution in [1.29, 1.82) is 0 Å². The molecule has 1 aliphatic heterocycles. The zero-order valence-electron chi connectivity index (χ0n) is 19.5. The van der Waals surface area contributed by atoms with Crippen LogP contribution in [0.25, 0.3) is 10.9 Å². The number of piperidine rings is 1. The number of aromatic nitrogens is 5. The Morgan fingerprint density at radius 1 is 1.15 bits per heavy atom. The summed E-state index contributed by atoms with van der Waals surface area (Å²) in [7, 11) is 0. The molecule has 0 amide bonds. The third-order valence-electron chi connectivity index (χ3n) is 6.74. The number of nitrogens with one attached hydrogen (secondary N) is 1. The van der Waals surface area contributed by atoms with E-state index < -0.39 is 0 Å². The summed E-state index contributed by atoms with van der Waals surface area (Å²) < 4.78 is 15.1. The van der Waals surface area contributed by atoms with Crippen LogP contribution in [0.15, 0.2) is 53.3 Å². The van der Waals surface area contributed by atoms with Gasteiger partial charge in [0.15, 0.2) is 5.82 Å². The van der Waals surface area contributed by atoms with E-state index in [9.17, 15) is 9.18 Å². The van der Waals surface area contributed by atoms with Gasteiger partial charge in [0.1, 0.15) is 11.9 Å². The van der Waals surface area contributed by atoms with Gasteiger partial charge in [0.2, 0.25) is 0 Å². The summed E-state index contributed by atoms with van der Waals surface area (Å²) in [4.78, 5) is 18.8. The second-order valence-corrected chi connectivity index (χ2v) is 9.30. The molecular weight excluding hydrogens is 431 g/mol. The minimum Gasteiger partial charge on any atom is -0.322 e. The number of benzene rings is 2. The van der Waals surface area contributed by atoms with E-state index in [0.29, 0.717) is 23.9 Å². The second-order valence-electron chi connectivity index (χ2n) is 9.30. The maximum Gasteiger partial charge on any atom is 0.253 e. The summed E-state index contributed by atoms with van der Waals surface area (Å²) in [6.45, 7) is 6.48. The van der Waals surface area contributed by atoms with Gasteiger partial charge < -0.3 is 4.98 Å². The van der Waals surface area contributed by atoms with E-state index in [-0.39, 0.29) is 17.4 Å². The van der Waals surface area contributed by atoms with Gasteiger partial charge in [0, 0.05) is 17.6 Å². The van der Waals surface area contributed by atoms with Crippen molar-refractivity contribution in [3.05, 3.63) is 87.2 Å². The van der Waals surface area contributed by atoms with Crippen molar-refractivity contribution >= 4 is 10.9 Å². The minimum atomic E-state index is -0.378. The number of hydrogen-bond acceptors (Lipinski definition) is 5. The molecule has 176 valence electrons. The third kappa shape index (κ3) is 4.50. The van der Waals surface area contributed by atoms with Gasteiger partial charge in [0.05, 0.1) is 6.54 Å². The molecule has 2 aromatic carbocycles. The molecule has 8 heteroatoms. The molecule has 0 radical (unpaired) electrons. The first-order chi connectivity index (χ1) is 16.5. The maximum atomic E-state index is 13.4. The van der Waals surface area contributed by atoms with E-state index in [1.165, 1.54) is 17.7 Å². The largest absolute Gasteiger partial charge is 0.322 e. The summed E-state index contributed by atoms with van der Waals surface area (Å²) in [6.07, 6.45) is 3.15. The van der Waals surface area contributed by atoms with Crippen LogP contribution in [0, 0.1) is 11.7 Å². The van der Waals surface area contributed by atoms with Crippen LogP contribution in [0.1, 0.15) is 55.2 Å². The molecule has 5 rings (SSSR count). The highest BCUT2D eigenvalue weighted by atomic mass is 19.1. The standard InChI is InChI=1S/C26H29FN6O/c1-3-18-8-11-23-20(13-18)14-22(26(34)28-23)24(32-12-4-5-17(2)15-32)25-29-30-31-33(25)16-19-6-9-21(27)10-7-19/h6-11,13-14,17,24H,3-5,12,15-16H2,1-2H3,(H,28,34)/t17-,24+/m1/s1. The number of aryl methyl sites for hydroxylation is 1. The van der Waals surface area contributed by atoms with Crippen LogP contribution in [-0.4, -0.2) is 43.2 Å². The van der Waals surface area contributed by atoms with Crippen molar-refractivity contribution in [2.45, 2.75) is 45.7 Å². The summed E-state index contributed by atoms with van der Waals surface area (Å²) in [6, 6.07) is 14.1. The number of H-pyrrole nitrogens is 1. The normalized spacial score (nSPS) is 17.8. The number of nitrogens with zero attached hydrogens (tertiary/aromatic N) is 5. The van der Waals surface area contributed by atoms with Gasteiger partial charge in [-0.25, -0.2) is 9.07 Å². The zero-order valence-corrected chi connectivity index (χ0v) is 19.5. The lowest BCUT2D eigenvalue weighted by Gasteiger charge is -2.36. The number of aromatic amines is 1. The Labute approximate surface area is 197 Å². The zero-order chi connectivity index (χ0) is 23.7. The number of rotatable bonds is 6. The molecule has 3 heterocycles. The molecule has 1 saturated heterocycles. The van der Waals surface area contributed by atoms with E-state index in [1.54, 1.807) is 16.8 Å². The van der Waals surface area contributed by atoms with E-state index in [1.807, 2.05) is 18.2 Å². The van der Waals surface area contributed by atoms with Crippen molar-refractivity contribution in [2.75, 3.05) is 13.1 Å². The van der Waals surface area contributed by atoms with Gasteiger partial charge in [-0.2, -0.15) is 0 Å². The molecule has 34 heavy (non-hydrogen) atoms. The average molecular weight is 461 g/mol. The van der Waals surface area contributed by atoms with E-state index >= 15 is 0 Å². The van der Waals surface area contributed by atoms with E-state index in [4.69, 9.17) is 0 Å². The molecule has 0 saturated carbocycles. The van der Waals surface area contributed by atoms with Gasteiger partial charge in [-0.3, -0.25) is 9.69 Å². The highest BCUT2D eigenvalue weighted by molar-refractivity contribution is 5.80. The lowest BCUT2D eigenvalue weighted by atomic mass is 9.95. The van der Waals surface area contributed by atoms with Crippen LogP contribution in [0.3, 0.4) is 0 Å². The third-order valence-corrected chi connectivity index (χ3v) is 6.74.